The zero-order valence-electron chi connectivity index (χ0n) is 27.6. The van der Waals surface area contributed by atoms with Gasteiger partial charge in [0.1, 0.15) is 0 Å². The fourth-order valence-electron chi connectivity index (χ4n) is 8.33. The number of hydrogen-bond acceptors (Lipinski definition) is 1. The second kappa shape index (κ2) is 11.0. The Morgan fingerprint density at radius 2 is 0.824 bits per heavy atom. The van der Waals surface area contributed by atoms with Gasteiger partial charge in [-0.1, -0.05) is 121 Å². The van der Waals surface area contributed by atoms with E-state index in [4.69, 9.17) is 0 Å². The van der Waals surface area contributed by atoms with E-state index in [0.29, 0.717) is 0 Å². The SMILES string of the molecule is c1ccc(-c2cc(-c3ccccc3)cc(-n3c4ccccc4c4c5c6ccccc6n(-c6cccc7sc8ccccc8c67)c5ccc43)c2)cc1. The van der Waals surface area contributed by atoms with E-state index in [2.05, 4.69) is 191 Å². The molecule has 0 aliphatic carbocycles. The molecule has 0 bridgehead atoms. The molecular formula is C48H30N2S. The lowest BCUT2D eigenvalue weighted by Crippen LogP contribution is -1.96. The molecular weight excluding hydrogens is 637 g/mol. The first-order valence-corrected chi connectivity index (χ1v) is 18.3. The third kappa shape index (κ3) is 4.22. The predicted molar refractivity (Wildman–Crippen MR) is 219 cm³/mol. The average Bonchev–Trinajstić information content (AvgIpc) is 3.86. The smallest absolute Gasteiger partial charge is 0.0555 e. The van der Waals surface area contributed by atoms with E-state index < -0.39 is 0 Å². The minimum Gasteiger partial charge on any atom is -0.309 e. The number of aromatic nitrogens is 2. The van der Waals surface area contributed by atoms with Gasteiger partial charge in [-0.3, -0.25) is 0 Å². The van der Waals surface area contributed by atoms with Gasteiger partial charge in [0.05, 0.1) is 27.8 Å². The number of nitrogens with zero attached hydrogens (tertiary/aromatic N) is 2. The summed E-state index contributed by atoms with van der Waals surface area (Å²) in [5.41, 5.74) is 12.0. The van der Waals surface area contributed by atoms with E-state index in [1.54, 1.807) is 0 Å². The van der Waals surface area contributed by atoms with Crippen LogP contribution in [0.25, 0.3) is 97.4 Å². The zero-order valence-corrected chi connectivity index (χ0v) is 28.4. The quantitative estimate of drug-likeness (QED) is 0.177. The highest BCUT2D eigenvalue weighted by Gasteiger charge is 2.22. The molecule has 8 aromatic carbocycles. The number of fused-ring (bicyclic) bond motifs is 10. The molecule has 2 nitrogen and oxygen atoms in total. The van der Waals surface area contributed by atoms with Crippen LogP contribution in [0.2, 0.25) is 0 Å². The fraction of sp³-hybridized carbons (Fsp3) is 0. The summed E-state index contributed by atoms with van der Waals surface area (Å²) in [5.74, 6) is 0. The average molecular weight is 667 g/mol. The summed E-state index contributed by atoms with van der Waals surface area (Å²) < 4.78 is 7.60. The normalized spacial score (nSPS) is 11.9. The third-order valence-corrected chi connectivity index (χ3v) is 11.6. The van der Waals surface area contributed by atoms with Gasteiger partial charge < -0.3 is 9.13 Å². The Bertz CT molecular complexity index is 3070. The molecule has 0 fully saturated rings. The molecule has 0 amide bonds. The van der Waals surface area contributed by atoms with Crippen LogP contribution < -0.4 is 0 Å². The van der Waals surface area contributed by atoms with Crippen molar-refractivity contribution in [3.05, 3.63) is 182 Å². The summed E-state index contributed by atoms with van der Waals surface area (Å²) in [6.45, 7) is 0. The Morgan fingerprint density at radius 3 is 1.47 bits per heavy atom. The molecule has 0 spiro atoms. The molecule has 0 saturated carbocycles. The molecule has 11 rings (SSSR count). The molecule has 0 aliphatic rings. The van der Waals surface area contributed by atoms with Crippen molar-refractivity contribution in [2.45, 2.75) is 0 Å². The van der Waals surface area contributed by atoms with Crippen molar-refractivity contribution in [1.29, 1.82) is 0 Å². The summed E-state index contributed by atoms with van der Waals surface area (Å²) in [5, 5.41) is 7.72. The van der Waals surface area contributed by atoms with Gasteiger partial charge in [0.15, 0.2) is 0 Å². The van der Waals surface area contributed by atoms with E-state index in [0.717, 1.165) is 5.69 Å². The molecule has 0 saturated heterocycles. The van der Waals surface area contributed by atoms with Gasteiger partial charge in [0.25, 0.3) is 0 Å². The first kappa shape index (κ1) is 28.4. The highest BCUT2D eigenvalue weighted by molar-refractivity contribution is 7.25. The van der Waals surface area contributed by atoms with Crippen LogP contribution in [0.4, 0.5) is 0 Å². The molecule has 238 valence electrons. The lowest BCUT2D eigenvalue weighted by Gasteiger charge is -2.14. The Morgan fingerprint density at radius 1 is 0.314 bits per heavy atom. The molecule has 0 radical (unpaired) electrons. The minimum atomic E-state index is 1.15. The number of hydrogen-bond donors (Lipinski definition) is 0. The summed E-state index contributed by atoms with van der Waals surface area (Å²) in [4.78, 5) is 0. The molecule has 0 unspecified atom stereocenters. The third-order valence-electron chi connectivity index (χ3n) is 10.5. The predicted octanol–water partition coefficient (Wildman–Crippen LogP) is 13.6. The molecule has 11 aromatic rings. The molecule has 0 N–H and O–H groups in total. The van der Waals surface area contributed by atoms with Crippen molar-refractivity contribution in [1.82, 2.24) is 9.13 Å². The molecule has 51 heavy (non-hydrogen) atoms. The maximum absolute atomic E-state index is 2.50. The maximum Gasteiger partial charge on any atom is 0.0555 e. The van der Waals surface area contributed by atoms with Crippen molar-refractivity contribution >= 4 is 75.1 Å². The van der Waals surface area contributed by atoms with Gasteiger partial charge in [0, 0.05) is 47.4 Å². The van der Waals surface area contributed by atoms with E-state index in [1.165, 1.54) is 91.7 Å². The summed E-state index contributed by atoms with van der Waals surface area (Å²) in [7, 11) is 0. The lowest BCUT2D eigenvalue weighted by molar-refractivity contribution is 1.18. The van der Waals surface area contributed by atoms with Crippen molar-refractivity contribution in [2.75, 3.05) is 0 Å². The topological polar surface area (TPSA) is 9.86 Å². The summed E-state index contributed by atoms with van der Waals surface area (Å²) in [6.07, 6.45) is 0. The monoisotopic (exact) mass is 666 g/mol. The lowest BCUT2D eigenvalue weighted by atomic mass is 9.98. The Labute approximate surface area is 298 Å². The van der Waals surface area contributed by atoms with Crippen LogP contribution in [-0.2, 0) is 0 Å². The van der Waals surface area contributed by atoms with Crippen LogP contribution in [0.5, 0.6) is 0 Å². The maximum atomic E-state index is 2.50. The standard InChI is InChI=1S/C48H30N2S/c1-3-14-31(15-4-1)33-28-34(32-16-5-2-6-17-32)30-35(29-33)49-39-21-10-7-18-36(39)47-42(49)26-27-43-48(47)37-19-8-11-22-40(37)50(43)41-23-13-25-45-46(41)38-20-9-12-24-44(38)51-45/h1-30H. The Hall–Kier alpha value is -6.42. The second-order valence-corrected chi connectivity index (χ2v) is 14.4. The van der Waals surface area contributed by atoms with E-state index in [1.807, 2.05) is 11.3 Å². The molecule has 3 heteroatoms. The van der Waals surface area contributed by atoms with E-state index in [9.17, 15) is 0 Å². The largest absolute Gasteiger partial charge is 0.309 e. The highest BCUT2D eigenvalue weighted by Crippen LogP contribution is 2.45. The van der Waals surface area contributed by atoms with Crippen LogP contribution >= 0.6 is 11.3 Å². The van der Waals surface area contributed by atoms with E-state index in [-0.39, 0.29) is 0 Å². The number of thiophene rings is 1. The fourth-order valence-corrected chi connectivity index (χ4v) is 9.46. The van der Waals surface area contributed by atoms with Gasteiger partial charge in [-0.05, 0) is 82.9 Å². The van der Waals surface area contributed by atoms with Crippen LogP contribution in [-0.4, -0.2) is 9.13 Å². The van der Waals surface area contributed by atoms with Gasteiger partial charge in [0.2, 0.25) is 0 Å². The highest BCUT2D eigenvalue weighted by atomic mass is 32.1. The first-order chi connectivity index (χ1) is 25.3. The number of rotatable bonds is 4. The van der Waals surface area contributed by atoms with Crippen LogP contribution in [0.15, 0.2) is 182 Å². The van der Waals surface area contributed by atoms with Gasteiger partial charge in [-0.15, -0.1) is 11.3 Å². The summed E-state index contributed by atoms with van der Waals surface area (Å²) in [6, 6.07) is 66.6. The van der Waals surface area contributed by atoms with Gasteiger partial charge >= 0.3 is 0 Å². The van der Waals surface area contributed by atoms with Crippen molar-refractivity contribution in [2.24, 2.45) is 0 Å². The van der Waals surface area contributed by atoms with Gasteiger partial charge in [-0.2, -0.15) is 0 Å². The van der Waals surface area contributed by atoms with Gasteiger partial charge in [-0.25, -0.2) is 0 Å². The molecule has 3 heterocycles. The summed E-state index contributed by atoms with van der Waals surface area (Å²) >= 11 is 1.87. The first-order valence-electron chi connectivity index (χ1n) is 17.4. The van der Waals surface area contributed by atoms with Crippen LogP contribution in [0, 0.1) is 0 Å². The zero-order chi connectivity index (χ0) is 33.5. The van der Waals surface area contributed by atoms with Crippen molar-refractivity contribution < 1.29 is 0 Å². The van der Waals surface area contributed by atoms with Crippen molar-refractivity contribution in [3.63, 3.8) is 0 Å². The van der Waals surface area contributed by atoms with E-state index >= 15 is 0 Å². The number of benzene rings is 8. The van der Waals surface area contributed by atoms with Crippen LogP contribution in [0.1, 0.15) is 0 Å². The molecule has 0 atom stereocenters. The second-order valence-electron chi connectivity index (χ2n) is 13.3. The molecule has 3 aromatic heterocycles. The number of para-hydroxylation sites is 2. The Kier molecular flexibility index (Phi) is 6.16. The minimum absolute atomic E-state index is 1.15. The Balaban J connectivity index is 1.26. The molecule has 0 aliphatic heterocycles. The van der Waals surface area contributed by atoms with Crippen LogP contribution in [0.3, 0.4) is 0 Å². The van der Waals surface area contributed by atoms with Crippen molar-refractivity contribution in [3.8, 4) is 33.6 Å².